The van der Waals surface area contributed by atoms with Crippen LogP contribution in [0.4, 0.5) is 0 Å². The number of nitrogens with zero attached hydrogens (tertiary/aromatic N) is 2. The van der Waals surface area contributed by atoms with Gasteiger partial charge in [0.2, 0.25) is 5.91 Å². The summed E-state index contributed by atoms with van der Waals surface area (Å²) in [5.41, 5.74) is 0.197. The number of nitrogens with one attached hydrogen (secondary N) is 1. The standard InChI is InChI=1S/C10H13N3O3/c1-6(14)12-8-2-9(3-8)13-5-7(4-11-13)10(15)16/h4-5,8-9H,2-3H2,1H3,(H,12,14)(H,15,16). The molecule has 0 saturated heterocycles. The van der Waals surface area contributed by atoms with Gasteiger partial charge in [-0.25, -0.2) is 4.79 Å². The van der Waals surface area contributed by atoms with Crippen molar-refractivity contribution in [1.82, 2.24) is 15.1 Å². The molecule has 0 bridgehead atoms. The van der Waals surface area contributed by atoms with Crippen LogP contribution in [-0.2, 0) is 4.79 Å². The first-order valence-electron chi connectivity index (χ1n) is 5.11. The van der Waals surface area contributed by atoms with Gasteiger partial charge in [0, 0.05) is 19.2 Å². The number of carboxylic acid groups (broad SMARTS) is 1. The molecule has 1 aliphatic rings. The average molecular weight is 223 g/mol. The summed E-state index contributed by atoms with van der Waals surface area (Å²) in [7, 11) is 0. The third kappa shape index (κ3) is 2.05. The van der Waals surface area contributed by atoms with Crippen molar-refractivity contribution in [3.05, 3.63) is 18.0 Å². The van der Waals surface area contributed by atoms with Crippen molar-refractivity contribution in [3.63, 3.8) is 0 Å². The van der Waals surface area contributed by atoms with E-state index in [9.17, 15) is 9.59 Å². The molecule has 6 nitrogen and oxygen atoms in total. The van der Waals surface area contributed by atoms with Gasteiger partial charge >= 0.3 is 5.97 Å². The van der Waals surface area contributed by atoms with Crippen LogP contribution in [0.25, 0.3) is 0 Å². The molecule has 0 spiro atoms. The van der Waals surface area contributed by atoms with Gasteiger partial charge in [0.15, 0.2) is 0 Å². The summed E-state index contributed by atoms with van der Waals surface area (Å²) in [6.45, 7) is 1.49. The predicted octanol–water partition coefficient (Wildman–Crippen LogP) is 0.421. The van der Waals surface area contributed by atoms with Crippen LogP contribution in [0.15, 0.2) is 12.4 Å². The molecule has 86 valence electrons. The second kappa shape index (κ2) is 3.96. The fourth-order valence-corrected chi connectivity index (χ4v) is 1.86. The molecule has 0 aliphatic heterocycles. The highest BCUT2D eigenvalue weighted by Gasteiger charge is 2.31. The van der Waals surface area contributed by atoms with Crippen molar-refractivity contribution in [3.8, 4) is 0 Å². The Balaban J connectivity index is 1.91. The van der Waals surface area contributed by atoms with E-state index in [1.807, 2.05) is 0 Å². The van der Waals surface area contributed by atoms with E-state index in [1.165, 1.54) is 19.3 Å². The number of hydrogen-bond donors (Lipinski definition) is 2. The quantitative estimate of drug-likeness (QED) is 0.777. The summed E-state index contributed by atoms with van der Waals surface area (Å²) < 4.78 is 1.65. The summed E-state index contributed by atoms with van der Waals surface area (Å²) >= 11 is 0. The zero-order valence-electron chi connectivity index (χ0n) is 8.88. The van der Waals surface area contributed by atoms with Crippen molar-refractivity contribution in [2.24, 2.45) is 0 Å². The number of hydrogen-bond acceptors (Lipinski definition) is 3. The van der Waals surface area contributed by atoms with Gasteiger partial charge in [0.05, 0.1) is 17.8 Å². The van der Waals surface area contributed by atoms with Crippen molar-refractivity contribution in [2.75, 3.05) is 0 Å². The maximum absolute atomic E-state index is 10.8. The highest BCUT2D eigenvalue weighted by Crippen LogP contribution is 2.31. The first kappa shape index (κ1) is 10.7. The number of amides is 1. The lowest BCUT2D eigenvalue weighted by Crippen LogP contribution is -2.44. The SMILES string of the molecule is CC(=O)NC1CC(n2cc(C(=O)O)cn2)C1. The second-order valence-corrected chi connectivity index (χ2v) is 4.04. The molecule has 6 heteroatoms. The number of rotatable bonds is 3. The lowest BCUT2D eigenvalue weighted by Gasteiger charge is -2.35. The molecular formula is C10H13N3O3. The molecule has 0 aromatic carbocycles. The molecule has 0 unspecified atom stereocenters. The third-order valence-corrected chi connectivity index (χ3v) is 2.74. The van der Waals surface area contributed by atoms with E-state index in [-0.39, 0.29) is 23.6 Å². The van der Waals surface area contributed by atoms with E-state index in [1.54, 1.807) is 4.68 Å². The number of carbonyl (C=O) groups excluding carboxylic acids is 1. The van der Waals surface area contributed by atoms with Gasteiger partial charge in [-0.3, -0.25) is 9.48 Å². The molecule has 1 aliphatic carbocycles. The van der Waals surface area contributed by atoms with E-state index in [2.05, 4.69) is 10.4 Å². The molecule has 1 fully saturated rings. The smallest absolute Gasteiger partial charge is 0.338 e. The fourth-order valence-electron chi connectivity index (χ4n) is 1.86. The van der Waals surface area contributed by atoms with Gasteiger partial charge in [-0.05, 0) is 12.8 Å². The normalized spacial score (nSPS) is 23.6. The molecule has 1 saturated carbocycles. The Kier molecular flexibility index (Phi) is 2.64. The summed E-state index contributed by atoms with van der Waals surface area (Å²) in [6.07, 6.45) is 4.48. The predicted molar refractivity (Wildman–Crippen MR) is 55.1 cm³/mol. The first-order chi connectivity index (χ1) is 7.56. The molecule has 2 N–H and O–H groups in total. The van der Waals surface area contributed by atoms with E-state index in [0.717, 1.165) is 12.8 Å². The van der Waals surface area contributed by atoms with Crippen LogP contribution in [0.1, 0.15) is 36.2 Å². The zero-order valence-corrected chi connectivity index (χ0v) is 8.88. The van der Waals surface area contributed by atoms with E-state index in [4.69, 9.17) is 5.11 Å². The van der Waals surface area contributed by atoms with Crippen LogP contribution in [0, 0.1) is 0 Å². The summed E-state index contributed by atoms with van der Waals surface area (Å²) in [5, 5.41) is 15.5. The van der Waals surface area contributed by atoms with Crippen molar-refractivity contribution < 1.29 is 14.7 Å². The second-order valence-electron chi connectivity index (χ2n) is 4.04. The van der Waals surface area contributed by atoms with Crippen LogP contribution >= 0.6 is 0 Å². The summed E-state index contributed by atoms with van der Waals surface area (Å²) in [4.78, 5) is 21.4. The number of carboxylic acids is 1. The minimum Gasteiger partial charge on any atom is -0.478 e. The molecule has 1 amide bonds. The number of aromatic carboxylic acids is 1. The Morgan fingerprint density at radius 3 is 2.75 bits per heavy atom. The molecule has 1 heterocycles. The third-order valence-electron chi connectivity index (χ3n) is 2.74. The van der Waals surface area contributed by atoms with Crippen LogP contribution in [0.2, 0.25) is 0 Å². The van der Waals surface area contributed by atoms with Gasteiger partial charge in [0.25, 0.3) is 0 Å². The molecule has 0 atom stereocenters. The van der Waals surface area contributed by atoms with Crippen LogP contribution in [-0.4, -0.2) is 32.8 Å². The molecular weight excluding hydrogens is 210 g/mol. The number of carbonyl (C=O) groups is 2. The van der Waals surface area contributed by atoms with Crippen molar-refractivity contribution in [2.45, 2.75) is 31.8 Å². The topological polar surface area (TPSA) is 84.2 Å². The monoisotopic (exact) mass is 223 g/mol. The molecule has 0 radical (unpaired) electrons. The summed E-state index contributed by atoms with van der Waals surface area (Å²) in [6, 6.07) is 0.393. The fraction of sp³-hybridized carbons (Fsp3) is 0.500. The Hall–Kier alpha value is -1.85. The highest BCUT2D eigenvalue weighted by atomic mass is 16.4. The maximum Gasteiger partial charge on any atom is 0.338 e. The van der Waals surface area contributed by atoms with Gasteiger partial charge in [-0.15, -0.1) is 0 Å². The molecule has 1 aromatic heterocycles. The average Bonchev–Trinajstić information content (AvgIpc) is 2.58. The van der Waals surface area contributed by atoms with E-state index in [0.29, 0.717) is 0 Å². The zero-order chi connectivity index (χ0) is 11.7. The van der Waals surface area contributed by atoms with E-state index < -0.39 is 5.97 Å². The Labute approximate surface area is 92.3 Å². The maximum atomic E-state index is 10.8. The lowest BCUT2D eigenvalue weighted by molar-refractivity contribution is -0.120. The number of aromatic nitrogens is 2. The van der Waals surface area contributed by atoms with Gasteiger partial charge in [-0.2, -0.15) is 5.10 Å². The Bertz CT molecular complexity index is 421. The molecule has 2 rings (SSSR count). The van der Waals surface area contributed by atoms with Crippen LogP contribution in [0.3, 0.4) is 0 Å². The van der Waals surface area contributed by atoms with Gasteiger partial charge in [0.1, 0.15) is 0 Å². The minimum absolute atomic E-state index is 0.0323. The Morgan fingerprint density at radius 1 is 1.56 bits per heavy atom. The lowest BCUT2D eigenvalue weighted by atomic mass is 9.87. The Morgan fingerprint density at radius 2 is 2.25 bits per heavy atom. The van der Waals surface area contributed by atoms with Crippen molar-refractivity contribution in [1.29, 1.82) is 0 Å². The largest absolute Gasteiger partial charge is 0.478 e. The van der Waals surface area contributed by atoms with E-state index >= 15 is 0 Å². The van der Waals surface area contributed by atoms with Crippen molar-refractivity contribution >= 4 is 11.9 Å². The summed E-state index contributed by atoms with van der Waals surface area (Å²) in [5.74, 6) is -1.00. The first-order valence-corrected chi connectivity index (χ1v) is 5.11. The van der Waals surface area contributed by atoms with Crippen LogP contribution < -0.4 is 5.32 Å². The highest BCUT2D eigenvalue weighted by molar-refractivity contribution is 5.86. The van der Waals surface area contributed by atoms with Crippen LogP contribution in [0.5, 0.6) is 0 Å². The van der Waals surface area contributed by atoms with Gasteiger partial charge < -0.3 is 10.4 Å². The minimum atomic E-state index is -0.969. The molecule has 16 heavy (non-hydrogen) atoms. The molecule has 1 aromatic rings. The van der Waals surface area contributed by atoms with Gasteiger partial charge in [-0.1, -0.05) is 0 Å².